The van der Waals surface area contributed by atoms with Crippen molar-refractivity contribution in [3.05, 3.63) is 23.5 Å². The lowest BCUT2D eigenvalue weighted by atomic mass is 10.1. The molecule has 0 aromatic heterocycles. The molecule has 0 amide bonds. The fourth-order valence-corrected chi connectivity index (χ4v) is 4.10. The molecule has 21 heavy (non-hydrogen) atoms. The average Bonchev–Trinajstić information content (AvgIpc) is 2.80. The number of benzene rings is 1. The van der Waals surface area contributed by atoms with Gasteiger partial charge >= 0.3 is 0 Å². The normalized spacial score (nSPS) is 20.3. The van der Waals surface area contributed by atoms with Crippen molar-refractivity contribution < 1.29 is 12.8 Å². The molecule has 2 rings (SSSR count). The summed E-state index contributed by atoms with van der Waals surface area (Å²) < 4.78 is 40.0. The molecule has 1 aliphatic heterocycles. The molecular weight excluding hydrogens is 293 g/mol. The van der Waals surface area contributed by atoms with Crippen LogP contribution in [-0.4, -0.2) is 51.4 Å². The maximum atomic E-state index is 13.5. The van der Waals surface area contributed by atoms with E-state index in [0.29, 0.717) is 12.5 Å². The van der Waals surface area contributed by atoms with Gasteiger partial charge in [0.15, 0.2) is 0 Å². The number of halogens is 1. The van der Waals surface area contributed by atoms with Gasteiger partial charge in [-0.3, -0.25) is 0 Å². The van der Waals surface area contributed by atoms with Crippen LogP contribution in [0.15, 0.2) is 17.0 Å². The summed E-state index contributed by atoms with van der Waals surface area (Å²) in [6.07, 6.45) is 0.987. The van der Waals surface area contributed by atoms with Crippen LogP contribution in [0.5, 0.6) is 0 Å². The topological polar surface area (TPSA) is 66.6 Å². The van der Waals surface area contributed by atoms with Crippen molar-refractivity contribution in [1.29, 1.82) is 0 Å². The number of likely N-dealkylation sites (tertiary alicyclic amines) is 1. The Morgan fingerprint density at radius 1 is 1.48 bits per heavy atom. The van der Waals surface area contributed by atoms with Crippen molar-refractivity contribution in [2.24, 2.45) is 5.92 Å². The van der Waals surface area contributed by atoms with Gasteiger partial charge in [0.25, 0.3) is 0 Å². The van der Waals surface area contributed by atoms with Gasteiger partial charge in [0.2, 0.25) is 10.0 Å². The van der Waals surface area contributed by atoms with Crippen LogP contribution in [0.1, 0.15) is 12.0 Å². The summed E-state index contributed by atoms with van der Waals surface area (Å²) in [6.45, 7) is 3.85. The van der Waals surface area contributed by atoms with Crippen LogP contribution in [0.3, 0.4) is 0 Å². The van der Waals surface area contributed by atoms with Crippen molar-refractivity contribution >= 4 is 15.7 Å². The van der Waals surface area contributed by atoms with Gasteiger partial charge in [-0.1, -0.05) is 0 Å². The molecule has 1 unspecified atom stereocenters. The molecule has 5 nitrogen and oxygen atoms in total. The molecule has 2 N–H and O–H groups in total. The molecule has 1 aromatic rings. The molecule has 0 spiro atoms. The highest BCUT2D eigenvalue weighted by molar-refractivity contribution is 7.89. The monoisotopic (exact) mass is 315 g/mol. The molecule has 1 fully saturated rings. The van der Waals surface area contributed by atoms with Crippen LogP contribution in [0.25, 0.3) is 0 Å². The van der Waals surface area contributed by atoms with E-state index in [1.807, 2.05) is 7.05 Å². The number of aryl methyl sites for hydroxylation is 1. The van der Waals surface area contributed by atoms with Gasteiger partial charge in [0, 0.05) is 20.1 Å². The van der Waals surface area contributed by atoms with Gasteiger partial charge in [-0.15, -0.1) is 0 Å². The van der Waals surface area contributed by atoms with Crippen LogP contribution in [0.4, 0.5) is 10.1 Å². The zero-order valence-corrected chi connectivity index (χ0v) is 13.5. The summed E-state index contributed by atoms with van der Waals surface area (Å²) in [5.74, 6) is -0.234. The largest absolute Gasteiger partial charge is 0.396 e. The number of nitrogens with zero attached hydrogens (tertiary/aromatic N) is 2. The molecule has 1 aromatic carbocycles. The van der Waals surface area contributed by atoms with Gasteiger partial charge in [0.05, 0.1) is 10.6 Å². The maximum Gasteiger partial charge on any atom is 0.242 e. The van der Waals surface area contributed by atoms with E-state index in [0.717, 1.165) is 19.5 Å². The van der Waals surface area contributed by atoms with E-state index in [2.05, 4.69) is 4.90 Å². The predicted octanol–water partition coefficient (Wildman–Crippen LogP) is 1.29. The number of anilines is 1. The molecular formula is C14H22FN3O2S. The molecule has 7 heteroatoms. The molecule has 1 saturated heterocycles. The minimum Gasteiger partial charge on any atom is -0.396 e. The summed E-state index contributed by atoms with van der Waals surface area (Å²) >= 11 is 0. The Labute approximate surface area is 125 Å². The third-order valence-electron chi connectivity index (χ3n) is 3.97. The Bertz CT molecular complexity index is 610. The van der Waals surface area contributed by atoms with E-state index in [1.165, 1.54) is 23.4 Å². The summed E-state index contributed by atoms with van der Waals surface area (Å²) in [7, 11) is -0.0532. The highest BCUT2D eigenvalue weighted by Gasteiger charge is 2.28. The smallest absolute Gasteiger partial charge is 0.242 e. The van der Waals surface area contributed by atoms with E-state index in [9.17, 15) is 12.8 Å². The summed E-state index contributed by atoms with van der Waals surface area (Å²) in [5.41, 5.74) is 5.64. The van der Waals surface area contributed by atoms with Crippen molar-refractivity contribution in [2.45, 2.75) is 18.2 Å². The Morgan fingerprint density at radius 2 is 2.14 bits per heavy atom. The van der Waals surface area contributed by atoms with Gasteiger partial charge in [-0.05, 0) is 50.6 Å². The molecule has 1 heterocycles. The van der Waals surface area contributed by atoms with Gasteiger partial charge < -0.3 is 10.6 Å². The van der Waals surface area contributed by atoms with Gasteiger partial charge in [-0.2, -0.15) is 0 Å². The minimum absolute atomic E-state index is 0.0488. The van der Waals surface area contributed by atoms with Crippen LogP contribution in [0.2, 0.25) is 0 Å². The fraction of sp³-hybridized carbons (Fsp3) is 0.571. The number of rotatable bonds is 4. The first-order valence-corrected chi connectivity index (χ1v) is 8.36. The van der Waals surface area contributed by atoms with Crippen molar-refractivity contribution in [2.75, 3.05) is 39.5 Å². The first-order chi connectivity index (χ1) is 9.71. The predicted molar refractivity (Wildman–Crippen MR) is 81.0 cm³/mol. The lowest BCUT2D eigenvalue weighted by Crippen LogP contribution is -2.33. The third kappa shape index (κ3) is 3.36. The second-order valence-electron chi connectivity index (χ2n) is 5.85. The Balaban J connectivity index is 2.21. The van der Waals surface area contributed by atoms with Gasteiger partial charge in [0.1, 0.15) is 5.82 Å². The van der Waals surface area contributed by atoms with Crippen LogP contribution >= 0.6 is 0 Å². The van der Waals surface area contributed by atoms with E-state index < -0.39 is 15.8 Å². The van der Waals surface area contributed by atoms with Crippen molar-refractivity contribution in [3.8, 4) is 0 Å². The average molecular weight is 315 g/mol. The highest BCUT2D eigenvalue weighted by atomic mass is 32.2. The van der Waals surface area contributed by atoms with Gasteiger partial charge in [-0.25, -0.2) is 17.1 Å². The van der Waals surface area contributed by atoms with Crippen molar-refractivity contribution in [3.63, 3.8) is 0 Å². The Hall–Kier alpha value is -1.18. The SMILES string of the molecule is Cc1cc(S(=O)(=O)N(C)CC2CCN(C)C2)cc(N)c1F. The Kier molecular flexibility index (Phi) is 4.55. The quantitative estimate of drug-likeness (QED) is 0.850. The molecule has 0 saturated carbocycles. The third-order valence-corrected chi connectivity index (χ3v) is 5.77. The zero-order valence-electron chi connectivity index (χ0n) is 12.6. The van der Waals surface area contributed by atoms with Crippen LogP contribution < -0.4 is 5.73 Å². The summed E-state index contributed by atoms with van der Waals surface area (Å²) in [4.78, 5) is 2.23. The molecule has 0 radical (unpaired) electrons. The highest BCUT2D eigenvalue weighted by Crippen LogP contribution is 2.24. The molecule has 1 atom stereocenters. The van der Waals surface area contributed by atoms with E-state index in [4.69, 9.17) is 5.73 Å². The number of hydrogen-bond donors (Lipinski definition) is 1. The van der Waals surface area contributed by atoms with Crippen molar-refractivity contribution in [1.82, 2.24) is 9.21 Å². The molecule has 1 aliphatic rings. The summed E-state index contributed by atoms with van der Waals surface area (Å²) in [5, 5.41) is 0. The maximum absolute atomic E-state index is 13.5. The lowest BCUT2D eigenvalue weighted by Gasteiger charge is -2.21. The van der Waals surface area contributed by atoms with E-state index >= 15 is 0 Å². The van der Waals surface area contributed by atoms with Crippen LogP contribution in [-0.2, 0) is 10.0 Å². The standard InChI is InChI=1S/C14H22FN3O2S/c1-10-6-12(7-13(16)14(10)15)21(19,20)18(3)9-11-4-5-17(2)8-11/h6-7,11H,4-5,8-9,16H2,1-3H3. The first-order valence-electron chi connectivity index (χ1n) is 6.92. The molecule has 0 bridgehead atoms. The number of hydrogen-bond acceptors (Lipinski definition) is 4. The molecule has 0 aliphatic carbocycles. The van der Waals surface area contributed by atoms with Crippen LogP contribution in [0, 0.1) is 18.7 Å². The molecule has 118 valence electrons. The summed E-state index contributed by atoms with van der Waals surface area (Å²) in [6, 6.07) is 2.52. The second kappa shape index (κ2) is 5.90. The number of nitrogens with two attached hydrogens (primary N) is 1. The zero-order chi connectivity index (χ0) is 15.8. The Morgan fingerprint density at radius 3 is 2.67 bits per heavy atom. The van der Waals surface area contributed by atoms with E-state index in [-0.39, 0.29) is 16.1 Å². The number of nitrogen functional groups attached to an aromatic ring is 1. The number of sulfonamides is 1. The fourth-order valence-electron chi connectivity index (χ4n) is 2.73. The lowest BCUT2D eigenvalue weighted by molar-refractivity contribution is 0.356. The van der Waals surface area contributed by atoms with E-state index in [1.54, 1.807) is 7.05 Å². The second-order valence-corrected chi connectivity index (χ2v) is 7.89. The minimum atomic E-state index is -3.64. The first kappa shape index (κ1) is 16.2.